The molecule has 2 aliphatic rings. The van der Waals surface area contributed by atoms with E-state index in [1.54, 1.807) is 0 Å². The lowest BCUT2D eigenvalue weighted by atomic mass is 9.88. The lowest BCUT2D eigenvalue weighted by Crippen LogP contribution is -2.57. The summed E-state index contributed by atoms with van der Waals surface area (Å²) in [6.45, 7) is 2.48. The van der Waals surface area contributed by atoms with Crippen molar-refractivity contribution in [3.63, 3.8) is 0 Å². The summed E-state index contributed by atoms with van der Waals surface area (Å²) >= 11 is 6.02. The molecule has 1 aliphatic carbocycles. The summed E-state index contributed by atoms with van der Waals surface area (Å²) in [5.41, 5.74) is 12.2. The fourth-order valence-electron chi connectivity index (χ4n) is 6.11. The molecule has 2 amide bonds. The predicted molar refractivity (Wildman–Crippen MR) is 159 cm³/mol. The van der Waals surface area contributed by atoms with Gasteiger partial charge in [0.1, 0.15) is 12.6 Å². The van der Waals surface area contributed by atoms with E-state index >= 15 is 0 Å². The molecule has 1 unspecified atom stereocenters. The largest absolute Gasteiger partial charge is 0.464 e. The molecule has 7 heteroatoms. The van der Waals surface area contributed by atoms with Gasteiger partial charge in [-0.05, 0) is 65.1 Å². The fourth-order valence-corrected chi connectivity index (χ4v) is 6.24. The van der Waals surface area contributed by atoms with Crippen LogP contribution >= 0.6 is 11.6 Å². The summed E-state index contributed by atoms with van der Waals surface area (Å²) < 4.78 is 6.10. The van der Waals surface area contributed by atoms with Crippen LogP contribution in [0.4, 0.5) is 4.79 Å². The van der Waals surface area contributed by atoms with E-state index < -0.39 is 6.04 Å². The van der Waals surface area contributed by atoms with Crippen LogP contribution in [0.2, 0.25) is 5.02 Å². The maximum atomic E-state index is 12.9. The first kappa shape index (κ1) is 28.3. The maximum Gasteiger partial charge on any atom is 0.416 e. The number of nitrogens with zero attached hydrogens (tertiary/aromatic N) is 1. The average Bonchev–Trinajstić information content (AvgIpc) is 3.30. The first-order valence-electron chi connectivity index (χ1n) is 14.3. The Kier molecular flexibility index (Phi) is 8.89. The van der Waals surface area contributed by atoms with Gasteiger partial charge >= 0.3 is 12.0 Å². The number of esters is 1. The first-order chi connectivity index (χ1) is 19.4. The number of unbranched alkanes of at least 4 members (excludes halogenated alkanes) is 1. The molecule has 1 saturated heterocycles. The van der Waals surface area contributed by atoms with Gasteiger partial charge in [-0.25, -0.2) is 9.28 Å². The van der Waals surface area contributed by atoms with E-state index in [0.29, 0.717) is 23.4 Å². The van der Waals surface area contributed by atoms with Gasteiger partial charge in [0.15, 0.2) is 0 Å². The van der Waals surface area contributed by atoms with Gasteiger partial charge in [-0.15, -0.1) is 0 Å². The summed E-state index contributed by atoms with van der Waals surface area (Å²) in [6, 6.07) is 24.0. The monoisotopic (exact) mass is 560 g/mol. The van der Waals surface area contributed by atoms with Crippen molar-refractivity contribution in [2.75, 3.05) is 33.3 Å². The molecule has 5 rings (SSSR count). The Morgan fingerprint density at radius 3 is 2.17 bits per heavy atom. The topological polar surface area (TPSA) is 81.4 Å². The van der Waals surface area contributed by atoms with E-state index in [-0.39, 0.29) is 24.5 Å². The number of carbonyl (C=O) groups is 2. The number of rotatable bonds is 9. The number of benzene rings is 3. The van der Waals surface area contributed by atoms with Crippen LogP contribution in [0.1, 0.15) is 60.6 Å². The summed E-state index contributed by atoms with van der Waals surface area (Å²) in [4.78, 5) is 25.6. The van der Waals surface area contributed by atoms with Crippen LogP contribution < -0.4 is 11.1 Å². The number of nitrogens with one attached hydrogen (secondary N) is 1. The van der Waals surface area contributed by atoms with E-state index in [2.05, 4.69) is 41.7 Å². The van der Waals surface area contributed by atoms with Crippen molar-refractivity contribution < 1.29 is 18.8 Å². The number of nitrogens with two attached hydrogens (primary N) is 1. The molecule has 0 radical (unpaired) electrons. The van der Waals surface area contributed by atoms with Gasteiger partial charge in [-0.1, -0.05) is 72.3 Å². The van der Waals surface area contributed by atoms with Gasteiger partial charge < -0.3 is 15.8 Å². The highest BCUT2D eigenvalue weighted by molar-refractivity contribution is 6.30. The number of carbonyl (C=O) groups excluding carboxylic acids is 2. The third kappa shape index (κ3) is 6.25. The zero-order chi connectivity index (χ0) is 28.1. The molecule has 1 fully saturated rings. The van der Waals surface area contributed by atoms with Gasteiger partial charge in [0, 0.05) is 30.3 Å². The second-order valence-corrected chi connectivity index (χ2v) is 11.8. The minimum Gasteiger partial charge on any atom is -0.464 e. The predicted octanol–water partition coefficient (Wildman–Crippen LogP) is 6.23. The normalized spacial score (nSPS) is 20.8. The van der Waals surface area contributed by atoms with Crippen molar-refractivity contribution in [1.82, 2.24) is 5.32 Å². The molecule has 3 N–H and O–H groups in total. The van der Waals surface area contributed by atoms with Crippen molar-refractivity contribution in [2.45, 2.75) is 50.0 Å². The molecule has 6 nitrogen and oxygen atoms in total. The number of hydrogen-bond donors (Lipinski definition) is 2. The number of halogens is 1. The Hall–Kier alpha value is -3.19. The average molecular weight is 561 g/mol. The van der Waals surface area contributed by atoms with Crippen LogP contribution in [-0.4, -0.2) is 55.8 Å². The van der Waals surface area contributed by atoms with E-state index in [9.17, 15) is 9.59 Å². The summed E-state index contributed by atoms with van der Waals surface area (Å²) in [5.74, 6) is 0.127. The van der Waals surface area contributed by atoms with Crippen molar-refractivity contribution >= 4 is 23.6 Å². The van der Waals surface area contributed by atoms with E-state index in [1.165, 1.54) is 27.8 Å². The van der Waals surface area contributed by atoms with Gasteiger partial charge in [0.05, 0.1) is 20.1 Å². The molecular weight excluding hydrogens is 522 g/mol. The smallest absolute Gasteiger partial charge is 0.416 e. The van der Waals surface area contributed by atoms with Crippen LogP contribution in [0.25, 0.3) is 11.1 Å². The molecule has 210 valence electrons. The second-order valence-electron chi connectivity index (χ2n) is 11.4. The first-order valence-corrected chi connectivity index (χ1v) is 14.7. The molecule has 40 heavy (non-hydrogen) atoms. The van der Waals surface area contributed by atoms with Gasteiger partial charge in [-0.2, -0.15) is 0 Å². The van der Waals surface area contributed by atoms with Crippen molar-refractivity contribution in [3.8, 4) is 11.1 Å². The SMILES string of the molecule is C[N+]1(C(=O)NCCCCC(N)C(=O)OCC2c3ccccc3-c3ccccc32)CCC(c2ccc(Cl)cc2)CC1. The van der Waals surface area contributed by atoms with Crippen LogP contribution in [0.5, 0.6) is 0 Å². The Morgan fingerprint density at radius 2 is 1.55 bits per heavy atom. The number of fused-ring (bicyclic) bond motifs is 3. The zero-order valence-corrected chi connectivity index (χ0v) is 23.9. The molecule has 0 saturated carbocycles. The summed E-state index contributed by atoms with van der Waals surface area (Å²) in [5, 5.41) is 3.85. The molecule has 1 atom stereocenters. The van der Waals surface area contributed by atoms with E-state index in [1.807, 2.05) is 43.4 Å². The molecule has 3 aromatic carbocycles. The number of hydrogen-bond acceptors (Lipinski definition) is 4. The quantitative estimate of drug-likeness (QED) is 0.185. The Morgan fingerprint density at radius 1 is 0.950 bits per heavy atom. The standard InChI is InChI=1S/C33H38ClN3O3/c1-37(20-17-24(18-21-37)23-13-15-25(34)16-14-23)33(39)36-19-7-6-12-31(35)32(38)40-22-30-28-10-4-2-8-26(28)27-9-3-5-11-29(27)30/h2-5,8-11,13-16,24,30-31H,6-7,12,17-22,35H2,1H3/p+1. The highest BCUT2D eigenvalue weighted by Gasteiger charge is 2.37. The number of ether oxygens (including phenoxy) is 1. The fraction of sp³-hybridized carbons (Fsp3) is 0.394. The molecule has 1 aliphatic heterocycles. The summed E-state index contributed by atoms with van der Waals surface area (Å²) in [6.07, 6.45) is 3.99. The highest BCUT2D eigenvalue weighted by atomic mass is 35.5. The van der Waals surface area contributed by atoms with Gasteiger partial charge in [0.2, 0.25) is 0 Å². The van der Waals surface area contributed by atoms with Crippen molar-refractivity contribution in [2.24, 2.45) is 5.73 Å². The Balaban J connectivity index is 1.01. The molecule has 0 aromatic heterocycles. The Labute approximate surface area is 242 Å². The summed E-state index contributed by atoms with van der Waals surface area (Å²) in [7, 11) is 2.01. The number of urea groups is 1. The van der Waals surface area contributed by atoms with Gasteiger partial charge in [0.25, 0.3) is 0 Å². The van der Waals surface area contributed by atoms with Crippen LogP contribution in [0, 0.1) is 0 Å². The third-order valence-electron chi connectivity index (χ3n) is 8.65. The van der Waals surface area contributed by atoms with Crippen molar-refractivity contribution in [3.05, 3.63) is 94.5 Å². The zero-order valence-electron chi connectivity index (χ0n) is 23.2. The number of amides is 2. The van der Waals surface area contributed by atoms with Crippen LogP contribution in [0.15, 0.2) is 72.8 Å². The molecule has 0 bridgehead atoms. The van der Waals surface area contributed by atoms with E-state index in [0.717, 1.165) is 43.8 Å². The lowest BCUT2D eigenvalue weighted by Gasteiger charge is -2.38. The van der Waals surface area contributed by atoms with Crippen LogP contribution in [0.3, 0.4) is 0 Å². The third-order valence-corrected chi connectivity index (χ3v) is 8.90. The van der Waals surface area contributed by atoms with Crippen molar-refractivity contribution in [1.29, 1.82) is 0 Å². The minimum atomic E-state index is -0.668. The lowest BCUT2D eigenvalue weighted by molar-refractivity contribution is -0.836. The molecular formula is C33H39ClN3O3+. The van der Waals surface area contributed by atoms with E-state index in [4.69, 9.17) is 22.1 Å². The highest BCUT2D eigenvalue weighted by Crippen LogP contribution is 2.44. The van der Waals surface area contributed by atoms with Gasteiger partial charge in [-0.3, -0.25) is 4.79 Å². The number of piperidine rings is 1. The maximum absolute atomic E-state index is 12.9. The van der Waals surface area contributed by atoms with Crippen LogP contribution in [-0.2, 0) is 9.53 Å². The Bertz CT molecular complexity index is 1290. The molecule has 0 spiro atoms. The molecule has 1 heterocycles. The number of likely N-dealkylation sites (tertiary alicyclic amines) is 1. The molecule has 3 aromatic rings. The second kappa shape index (κ2) is 12.5. The number of quaternary nitrogens is 1. The minimum absolute atomic E-state index is 0.0273.